The van der Waals surface area contributed by atoms with E-state index in [-0.39, 0.29) is 5.91 Å². The molecule has 0 radical (unpaired) electrons. The minimum absolute atomic E-state index is 0.0276. The van der Waals surface area contributed by atoms with Gasteiger partial charge in [-0.05, 0) is 43.6 Å². The molecule has 1 aliphatic rings. The predicted molar refractivity (Wildman–Crippen MR) is 82.7 cm³/mol. The van der Waals surface area contributed by atoms with Crippen LogP contribution in [0, 0.1) is 0 Å². The Labute approximate surface area is 121 Å². The third kappa shape index (κ3) is 4.62. The van der Waals surface area contributed by atoms with E-state index in [1.165, 1.54) is 25.3 Å². The van der Waals surface area contributed by atoms with E-state index in [9.17, 15) is 4.79 Å². The van der Waals surface area contributed by atoms with Gasteiger partial charge in [0.05, 0.1) is 0 Å². The Bertz CT molecular complexity index is 424. The zero-order valence-electron chi connectivity index (χ0n) is 12.5. The van der Waals surface area contributed by atoms with Crippen molar-refractivity contribution in [2.45, 2.75) is 39.3 Å². The van der Waals surface area contributed by atoms with Crippen molar-refractivity contribution >= 4 is 11.6 Å². The molecule has 110 valence electrons. The van der Waals surface area contributed by atoms with E-state index >= 15 is 0 Å². The first kappa shape index (κ1) is 15.0. The molecule has 0 aliphatic carbocycles. The van der Waals surface area contributed by atoms with Gasteiger partial charge in [-0.1, -0.05) is 19.1 Å². The molecule has 1 atom stereocenters. The number of likely N-dealkylation sites (N-methyl/N-ethyl adjacent to an activating group) is 1. The van der Waals surface area contributed by atoms with Crippen molar-refractivity contribution in [3.8, 4) is 0 Å². The zero-order valence-corrected chi connectivity index (χ0v) is 12.5. The van der Waals surface area contributed by atoms with Crippen LogP contribution < -0.4 is 10.6 Å². The van der Waals surface area contributed by atoms with Crippen molar-refractivity contribution in [2.24, 2.45) is 0 Å². The van der Waals surface area contributed by atoms with Crippen molar-refractivity contribution in [2.75, 3.05) is 25.0 Å². The number of hydrogen-bond acceptors (Lipinski definition) is 3. The van der Waals surface area contributed by atoms with Gasteiger partial charge in [-0.25, -0.2) is 0 Å². The van der Waals surface area contributed by atoms with Crippen LogP contribution in [0.3, 0.4) is 0 Å². The summed E-state index contributed by atoms with van der Waals surface area (Å²) in [6.45, 7) is 8.04. The molecule has 1 saturated heterocycles. The first-order valence-corrected chi connectivity index (χ1v) is 7.49. The second-order valence-corrected chi connectivity index (χ2v) is 5.50. The number of nitrogens with zero attached hydrogens (tertiary/aromatic N) is 1. The van der Waals surface area contributed by atoms with Crippen LogP contribution in [0.15, 0.2) is 24.3 Å². The molecular formula is C16H25N3O. The largest absolute Gasteiger partial charge is 0.326 e. The molecule has 1 unspecified atom stereocenters. The summed E-state index contributed by atoms with van der Waals surface area (Å²) in [5.74, 6) is -0.0276. The Hall–Kier alpha value is -1.39. The second kappa shape index (κ2) is 7.41. The van der Waals surface area contributed by atoms with Crippen LogP contribution in [0.2, 0.25) is 0 Å². The minimum Gasteiger partial charge on any atom is -0.326 e. The molecule has 2 rings (SSSR count). The molecule has 20 heavy (non-hydrogen) atoms. The summed E-state index contributed by atoms with van der Waals surface area (Å²) in [5.41, 5.74) is 2.15. The van der Waals surface area contributed by atoms with E-state index in [1.807, 2.05) is 12.1 Å². The highest BCUT2D eigenvalue weighted by Gasteiger charge is 2.17. The van der Waals surface area contributed by atoms with E-state index in [1.54, 1.807) is 0 Å². The van der Waals surface area contributed by atoms with Gasteiger partial charge in [0.1, 0.15) is 0 Å². The van der Waals surface area contributed by atoms with E-state index in [0.29, 0.717) is 6.04 Å². The summed E-state index contributed by atoms with van der Waals surface area (Å²) in [7, 11) is 0. The lowest BCUT2D eigenvalue weighted by atomic mass is 10.1. The third-order valence-electron chi connectivity index (χ3n) is 3.77. The average molecular weight is 275 g/mol. The summed E-state index contributed by atoms with van der Waals surface area (Å²) >= 11 is 0. The monoisotopic (exact) mass is 275 g/mol. The van der Waals surface area contributed by atoms with E-state index in [4.69, 9.17) is 0 Å². The van der Waals surface area contributed by atoms with Crippen molar-refractivity contribution in [1.29, 1.82) is 0 Å². The Morgan fingerprint density at radius 3 is 2.70 bits per heavy atom. The van der Waals surface area contributed by atoms with E-state index in [0.717, 1.165) is 31.9 Å². The van der Waals surface area contributed by atoms with Crippen LogP contribution in [0.5, 0.6) is 0 Å². The molecule has 1 fully saturated rings. The molecule has 1 heterocycles. The Balaban J connectivity index is 1.88. The third-order valence-corrected chi connectivity index (χ3v) is 3.77. The quantitative estimate of drug-likeness (QED) is 0.836. The lowest BCUT2D eigenvalue weighted by Crippen LogP contribution is -2.37. The van der Waals surface area contributed by atoms with Crippen LogP contribution >= 0.6 is 0 Å². The van der Waals surface area contributed by atoms with Crippen LogP contribution in [0.25, 0.3) is 0 Å². The molecule has 0 saturated carbocycles. The SMILES string of the molecule is CCN(Cc1ccc(NC(C)=O)cc1)CC1CCCN1. The number of amides is 1. The summed E-state index contributed by atoms with van der Waals surface area (Å²) in [6.07, 6.45) is 2.59. The van der Waals surface area contributed by atoms with Gasteiger partial charge in [0.15, 0.2) is 0 Å². The number of carbonyl (C=O) groups excluding carboxylic acids is 1. The fraction of sp³-hybridized carbons (Fsp3) is 0.562. The molecule has 0 spiro atoms. The lowest BCUT2D eigenvalue weighted by Gasteiger charge is -2.24. The summed E-state index contributed by atoms with van der Waals surface area (Å²) < 4.78 is 0. The maximum Gasteiger partial charge on any atom is 0.221 e. The molecule has 1 amide bonds. The first-order chi connectivity index (χ1) is 9.67. The predicted octanol–water partition coefficient (Wildman–Crippen LogP) is 2.22. The van der Waals surface area contributed by atoms with Crippen LogP contribution in [-0.4, -0.2) is 36.5 Å². The number of hydrogen-bond donors (Lipinski definition) is 2. The fourth-order valence-electron chi connectivity index (χ4n) is 2.68. The Kier molecular flexibility index (Phi) is 5.56. The minimum atomic E-state index is -0.0276. The Morgan fingerprint density at radius 1 is 1.40 bits per heavy atom. The molecule has 1 aromatic carbocycles. The number of benzene rings is 1. The molecule has 1 aromatic rings. The molecule has 0 aromatic heterocycles. The van der Waals surface area contributed by atoms with E-state index in [2.05, 4.69) is 34.6 Å². The van der Waals surface area contributed by atoms with Crippen molar-refractivity contribution in [1.82, 2.24) is 10.2 Å². The van der Waals surface area contributed by atoms with Gasteiger partial charge < -0.3 is 10.6 Å². The smallest absolute Gasteiger partial charge is 0.221 e. The highest BCUT2D eigenvalue weighted by Crippen LogP contribution is 2.13. The van der Waals surface area contributed by atoms with Crippen LogP contribution in [0.4, 0.5) is 5.69 Å². The van der Waals surface area contributed by atoms with Gasteiger partial charge in [-0.15, -0.1) is 0 Å². The Morgan fingerprint density at radius 2 is 2.15 bits per heavy atom. The number of rotatable bonds is 6. The van der Waals surface area contributed by atoms with E-state index < -0.39 is 0 Å². The molecule has 2 N–H and O–H groups in total. The molecular weight excluding hydrogens is 250 g/mol. The highest BCUT2D eigenvalue weighted by molar-refractivity contribution is 5.88. The number of nitrogens with one attached hydrogen (secondary N) is 2. The molecule has 4 heteroatoms. The van der Waals surface area contributed by atoms with Gasteiger partial charge in [0.25, 0.3) is 0 Å². The highest BCUT2D eigenvalue weighted by atomic mass is 16.1. The van der Waals surface area contributed by atoms with Crippen LogP contribution in [0.1, 0.15) is 32.3 Å². The average Bonchev–Trinajstić information content (AvgIpc) is 2.92. The van der Waals surface area contributed by atoms with Gasteiger partial charge >= 0.3 is 0 Å². The summed E-state index contributed by atoms with van der Waals surface area (Å²) in [6, 6.07) is 8.77. The van der Waals surface area contributed by atoms with Gasteiger partial charge in [0, 0.05) is 31.7 Å². The van der Waals surface area contributed by atoms with Gasteiger partial charge in [-0.3, -0.25) is 9.69 Å². The fourth-order valence-corrected chi connectivity index (χ4v) is 2.68. The molecule has 1 aliphatic heterocycles. The van der Waals surface area contributed by atoms with Gasteiger partial charge in [-0.2, -0.15) is 0 Å². The second-order valence-electron chi connectivity index (χ2n) is 5.50. The van der Waals surface area contributed by atoms with Crippen molar-refractivity contribution in [3.05, 3.63) is 29.8 Å². The number of carbonyl (C=O) groups is 1. The zero-order chi connectivity index (χ0) is 14.4. The molecule has 4 nitrogen and oxygen atoms in total. The van der Waals surface area contributed by atoms with Crippen LogP contribution in [-0.2, 0) is 11.3 Å². The first-order valence-electron chi connectivity index (χ1n) is 7.49. The normalized spacial score (nSPS) is 18.4. The maximum absolute atomic E-state index is 11.0. The molecule has 0 bridgehead atoms. The van der Waals surface area contributed by atoms with Crippen molar-refractivity contribution < 1.29 is 4.79 Å². The maximum atomic E-state index is 11.0. The number of anilines is 1. The standard InChI is InChI=1S/C16H25N3O/c1-3-19(12-16-5-4-10-17-16)11-14-6-8-15(9-7-14)18-13(2)20/h6-9,16-17H,3-5,10-12H2,1-2H3,(H,18,20). The topological polar surface area (TPSA) is 44.4 Å². The van der Waals surface area contributed by atoms with Gasteiger partial charge in [0.2, 0.25) is 5.91 Å². The summed E-state index contributed by atoms with van der Waals surface area (Å²) in [5, 5.41) is 6.34. The van der Waals surface area contributed by atoms with Crippen molar-refractivity contribution in [3.63, 3.8) is 0 Å². The lowest BCUT2D eigenvalue weighted by molar-refractivity contribution is -0.114. The summed E-state index contributed by atoms with van der Waals surface area (Å²) in [4.78, 5) is 13.5.